The average Bonchev–Trinajstić information content (AvgIpc) is 2.95. The fraction of sp³-hybridized carbons (Fsp3) is 0.700. The molecule has 0 amide bonds. The Bertz CT molecular complexity index is 471. The van der Waals surface area contributed by atoms with Crippen molar-refractivity contribution >= 4 is 15.8 Å². The molecule has 6 nitrogen and oxygen atoms in total. The lowest BCUT2D eigenvalue weighted by molar-refractivity contribution is 0.595. The molecule has 0 spiro atoms. The Morgan fingerprint density at radius 3 is 2.76 bits per heavy atom. The molecule has 1 aromatic rings. The molecule has 1 aromatic heterocycles. The molecule has 0 bridgehead atoms. The van der Waals surface area contributed by atoms with Gasteiger partial charge in [-0.25, -0.2) is 8.42 Å². The number of aryl methyl sites for hydroxylation is 2. The largest absolute Gasteiger partial charge is 0.313 e. The third-order valence-electron chi connectivity index (χ3n) is 2.76. The summed E-state index contributed by atoms with van der Waals surface area (Å²) in [5.74, 6) is 0.468. The summed E-state index contributed by atoms with van der Waals surface area (Å²) in [6, 6.07) is 2.24. The van der Waals surface area contributed by atoms with Crippen molar-refractivity contribution in [3.8, 4) is 0 Å². The maximum absolute atomic E-state index is 11.7. The van der Waals surface area contributed by atoms with Crippen molar-refractivity contribution in [2.24, 2.45) is 7.05 Å². The van der Waals surface area contributed by atoms with Crippen LogP contribution in [-0.4, -0.2) is 36.5 Å². The van der Waals surface area contributed by atoms with Crippen molar-refractivity contribution in [2.75, 3.05) is 17.0 Å². The highest BCUT2D eigenvalue weighted by Gasteiger charge is 2.21. The smallest absolute Gasteiger partial charge is 0.235 e. The van der Waals surface area contributed by atoms with Gasteiger partial charge < -0.3 is 5.32 Å². The fourth-order valence-corrected chi connectivity index (χ4v) is 2.41. The topological polar surface area (TPSA) is 76.0 Å². The van der Waals surface area contributed by atoms with E-state index in [0.29, 0.717) is 18.4 Å². The fourth-order valence-electron chi connectivity index (χ4n) is 1.51. The molecular formula is C10H18N4O2S. The number of sulfonamides is 1. The van der Waals surface area contributed by atoms with Crippen LogP contribution < -0.4 is 10.0 Å². The molecular weight excluding hydrogens is 240 g/mol. The molecule has 0 atom stereocenters. The first-order valence-electron chi connectivity index (χ1n) is 5.71. The minimum Gasteiger partial charge on any atom is -0.313 e. The Morgan fingerprint density at radius 2 is 2.24 bits per heavy atom. The van der Waals surface area contributed by atoms with Crippen molar-refractivity contribution in [2.45, 2.75) is 25.8 Å². The van der Waals surface area contributed by atoms with Gasteiger partial charge in [-0.05, 0) is 19.8 Å². The van der Waals surface area contributed by atoms with E-state index in [1.807, 2.05) is 6.92 Å². The van der Waals surface area contributed by atoms with Crippen molar-refractivity contribution in [3.63, 3.8) is 0 Å². The third-order valence-corrected chi connectivity index (χ3v) is 4.02. The molecule has 0 radical (unpaired) electrons. The first-order valence-corrected chi connectivity index (χ1v) is 7.36. The van der Waals surface area contributed by atoms with Gasteiger partial charge in [-0.15, -0.1) is 0 Å². The van der Waals surface area contributed by atoms with Crippen LogP contribution >= 0.6 is 0 Å². The van der Waals surface area contributed by atoms with E-state index < -0.39 is 10.0 Å². The molecule has 96 valence electrons. The van der Waals surface area contributed by atoms with Gasteiger partial charge in [0, 0.05) is 31.4 Å². The van der Waals surface area contributed by atoms with E-state index >= 15 is 0 Å². The Balaban J connectivity index is 1.86. The molecule has 0 saturated heterocycles. The normalized spacial score (nSPS) is 16.1. The van der Waals surface area contributed by atoms with E-state index in [-0.39, 0.29) is 5.75 Å². The monoisotopic (exact) mass is 258 g/mol. The maximum Gasteiger partial charge on any atom is 0.235 e. The van der Waals surface area contributed by atoms with E-state index in [9.17, 15) is 8.42 Å². The van der Waals surface area contributed by atoms with Gasteiger partial charge in [-0.3, -0.25) is 9.40 Å². The number of nitrogens with zero attached hydrogens (tertiary/aromatic N) is 2. The van der Waals surface area contributed by atoms with E-state index in [4.69, 9.17) is 0 Å². The summed E-state index contributed by atoms with van der Waals surface area (Å²) >= 11 is 0. The second-order valence-corrected chi connectivity index (χ2v) is 6.29. The zero-order valence-electron chi connectivity index (χ0n) is 10.1. The molecule has 2 rings (SSSR count). The summed E-state index contributed by atoms with van der Waals surface area (Å²) in [5, 5.41) is 7.23. The van der Waals surface area contributed by atoms with Crippen LogP contribution in [0, 0.1) is 6.92 Å². The molecule has 1 heterocycles. The predicted molar refractivity (Wildman–Crippen MR) is 66.4 cm³/mol. The van der Waals surface area contributed by atoms with Crippen LogP contribution in [0.2, 0.25) is 0 Å². The summed E-state index contributed by atoms with van der Waals surface area (Å²) in [6.07, 6.45) is 2.32. The van der Waals surface area contributed by atoms with Gasteiger partial charge in [-0.1, -0.05) is 0 Å². The zero-order chi connectivity index (χ0) is 12.5. The first kappa shape index (κ1) is 12.4. The summed E-state index contributed by atoms with van der Waals surface area (Å²) in [7, 11) is -1.51. The standard InChI is InChI=1S/C10H18N4O2S/c1-8-7-10(12-14(8)2)13-17(15,16)6-5-11-9-3-4-9/h7,9,11H,3-6H2,1-2H3,(H,12,13). The number of hydrogen-bond acceptors (Lipinski definition) is 4. The quantitative estimate of drug-likeness (QED) is 0.765. The van der Waals surface area contributed by atoms with E-state index in [2.05, 4.69) is 15.1 Å². The van der Waals surface area contributed by atoms with Crippen LogP contribution in [0.15, 0.2) is 6.07 Å². The molecule has 0 aliphatic heterocycles. The molecule has 0 unspecified atom stereocenters. The van der Waals surface area contributed by atoms with Crippen molar-refractivity contribution in [1.29, 1.82) is 0 Å². The average molecular weight is 258 g/mol. The van der Waals surface area contributed by atoms with Crippen molar-refractivity contribution in [1.82, 2.24) is 15.1 Å². The van der Waals surface area contributed by atoms with E-state index in [0.717, 1.165) is 18.5 Å². The predicted octanol–water partition coefficient (Wildman–Crippen LogP) is 0.222. The Hall–Kier alpha value is -1.08. The molecule has 2 N–H and O–H groups in total. The first-order chi connectivity index (χ1) is 7.96. The summed E-state index contributed by atoms with van der Waals surface area (Å²) < 4.78 is 27.6. The van der Waals surface area contributed by atoms with E-state index in [1.165, 1.54) is 0 Å². The third kappa shape index (κ3) is 3.71. The highest BCUT2D eigenvalue weighted by molar-refractivity contribution is 7.92. The lowest BCUT2D eigenvalue weighted by atomic mass is 10.5. The van der Waals surface area contributed by atoms with Crippen LogP contribution in [0.25, 0.3) is 0 Å². The summed E-state index contributed by atoms with van der Waals surface area (Å²) in [5.41, 5.74) is 0.916. The van der Waals surface area contributed by atoms with Gasteiger partial charge in [-0.2, -0.15) is 5.10 Å². The SMILES string of the molecule is Cc1cc(NS(=O)(=O)CCNC2CC2)nn1C. The number of hydrogen-bond donors (Lipinski definition) is 2. The van der Waals surface area contributed by atoms with Crippen LogP contribution in [0.4, 0.5) is 5.82 Å². The van der Waals surface area contributed by atoms with Gasteiger partial charge >= 0.3 is 0 Å². The number of rotatable bonds is 6. The number of aromatic nitrogens is 2. The van der Waals surface area contributed by atoms with Gasteiger partial charge in [0.25, 0.3) is 0 Å². The van der Waals surface area contributed by atoms with Crippen LogP contribution in [0.5, 0.6) is 0 Å². The van der Waals surface area contributed by atoms with Crippen LogP contribution in [-0.2, 0) is 17.1 Å². The molecule has 1 saturated carbocycles. The second kappa shape index (κ2) is 4.66. The maximum atomic E-state index is 11.7. The highest BCUT2D eigenvalue weighted by Crippen LogP contribution is 2.18. The molecule has 1 fully saturated rings. The lowest BCUT2D eigenvalue weighted by Crippen LogP contribution is -2.28. The van der Waals surface area contributed by atoms with Gasteiger partial charge in [0.1, 0.15) is 0 Å². The lowest BCUT2D eigenvalue weighted by Gasteiger charge is -2.05. The Labute approximate surface area is 101 Å². The molecule has 0 aromatic carbocycles. The Kier molecular flexibility index (Phi) is 3.39. The number of anilines is 1. The van der Waals surface area contributed by atoms with Gasteiger partial charge in [0.2, 0.25) is 10.0 Å². The molecule has 1 aliphatic rings. The minimum atomic E-state index is -3.29. The van der Waals surface area contributed by atoms with Crippen molar-refractivity contribution < 1.29 is 8.42 Å². The summed E-state index contributed by atoms with van der Waals surface area (Å²) in [6.45, 7) is 2.37. The van der Waals surface area contributed by atoms with Crippen LogP contribution in [0.1, 0.15) is 18.5 Å². The summed E-state index contributed by atoms with van der Waals surface area (Å²) in [4.78, 5) is 0. The van der Waals surface area contributed by atoms with Crippen LogP contribution in [0.3, 0.4) is 0 Å². The van der Waals surface area contributed by atoms with Gasteiger partial charge in [0.15, 0.2) is 5.82 Å². The van der Waals surface area contributed by atoms with Gasteiger partial charge in [0.05, 0.1) is 5.75 Å². The Morgan fingerprint density at radius 1 is 1.53 bits per heavy atom. The van der Waals surface area contributed by atoms with E-state index in [1.54, 1.807) is 17.8 Å². The molecule has 17 heavy (non-hydrogen) atoms. The number of nitrogens with one attached hydrogen (secondary N) is 2. The highest BCUT2D eigenvalue weighted by atomic mass is 32.2. The molecule has 7 heteroatoms. The zero-order valence-corrected chi connectivity index (χ0v) is 10.9. The second-order valence-electron chi connectivity index (χ2n) is 4.44. The van der Waals surface area contributed by atoms with Crippen molar-refractivity contribution in [3.05, 3.63) is 11.8 Å². The minimum absolute atomic E-state index is 0.0825. The molecule has 1 aliphatic carbocycles.